The molecular formula is C23H18ClFN2O3S. The highest BCUT2D eigenvalue weighted by Gasteiger charge is 2.29. The van der Waals surface area contributed by atoms with E-state index in [0.717, 1.165) is 23.3 Å². The van der Waals surface area contributed by atoms with Gasteiger partial charge in [-0.05, 0) is 48.9 Å². The lowest BCUT2D eigenvalue weighted by atomic mass is 10.1. The van der Waals surface area contributed by atoms with Gasteiger partial charge in [-0.3, -0.25) is 0 Å². The number of aryl methyl sites for hydroxylation is 1. The number of nitrogens with one attached hydrogen (secondary N) is 1. The predicted molar refractivity (Wildman–Crippen MR) is 117 cm³/mol. The lowest BCUT2D eigenvalue weighted by Gasteiger charge is -2.07. The number of benzene rings is 3. The molecule has 4 rings (SSSR count). The number of halogens is 2. The lowest BCUT2D eigenvalue weighted by Crippen LogP contribution is -2.07. The molecule has 0 atom stereocenters. The standard InChI is InChI=1S/C23H18ClFN2O3S/c1-15-6-8-16(9-7-15)14-26-22-23(31(28,29)18-12-10-17(25)11-13-18)27-21(30-22)19-4-2-3-5-20(19)24/h2-13,26H,14H2,1H3. The molecule has 0 aliphatic carbocycles. The van der Waals surface area contributed by atoms with E-state index in [1.807, 2.05) is 31.2 Å². The van der Waals surface area contributed by atoms with Crippen molar-refractivity contribution in [3.8, 4) is 11.5 Å². The van der Waals surface area contributed by atoms with Gasteiger partial charge in [-0.15, -0.1) is 0 Å². The summed E-state index contributed by atoms with van der Waals surface area (Å²) in [5, 5.41) is 3.10. The molecule has 0 unspecified atom stereocenters. The minimum atomic E-state index is -4.07. The zero-order chi connectivity index (χ0) is 22.0. The smallest absolute Gasteiger partial charge is 0.234 e. The number of hydrogen-bond acceptors (Lipinski definition) is 5. The van der Waals surface area contributed by atoms with Crippen LogP contribution in [0.15, 0.2) is 87.1 Å². The van der Waals surface area contributed by atoms with E-state index in [2.05, 4.69) is 10.3 Å². The highest BCUT2D eigenvalue weighted by molar-refractivity contribution is 7.91. The molecule has 5 nitrogen and oxygen atoms in total. The van der Waals surface area contributed by atoms with E-state index >= 15 is 0 Å². The predicted octanol–water partition coefficient (Wildman–Crippen LogP) is 5.89. The lowest BCUT2D eigenvalue weighted by molar-refractivity contribution is 0.576. The Bertz CT molecular complexity index is 1320. The highest BCUT2D eigenvalue weighted by atomic mass is 35.5. The first kappa shape index (κ1) is 21.1. The molecule has 0 aliphatic rings. The van der Waals surface area contributed by atoms with Crippen LogP contribution in [0.25, 0.3) is 11.5 Å². The van der Waals surface area contributed by atoms with Gasteiger partial charge < -0.3 is 9.73 Å². The molecule has 1 N–H and O–H groups in total. The second-order valence-electron chi connectivity index (χ2n) is 6.93. The summed E-state index contributed by atoms with van der Waals surface area (Å²) in [6.45, 7) is 2.31. The summed E-state index contributed by atoms with van der Waals surface area (Å²) in [4.78, 5) is 4.15. The van der Waals surface area contributed by atoms with E-state index in [1.54, 1.807) is 24.3 Å². The van der Waals surface area contributed by atoms with Crippen LogP contribution in [0, 0.1) is 12.7 Å². The molecule has 0 amide bonds. The largest absolute Gasteiger partial charge is 0.419 e. The molecule has 31 heavy (non-hydrogen) atoms. The van der Waals surface area contributed by atoms with E-state index in [0.29, 0.717) is 17.1 Å². The van der Waals surface area contributed by atoms with Crippen LogP contribution >= 0.6 is 11.6 Å². The Kier molecular flexibility index (Phi) is 5.80. The SMILES string of the molecule is Cc1ccc(CNc2oc(-c3ccccc3Cl)nc2S(=O)(=O)c2ccc(F)cc2)cc1. The minimum Gasteiger partial charge on any atom is -0.419 e. The van der Waals surface area contributed by atoms with Crippen molar-refractivity contribution in [2.24, 2.45) is 0 Å². The van der Waals surface area contributed by atoms with Gasteiger partial charge in [0.25, 0.3) is 0 Å². The number of sulfone groups is 1. The Hall–Kier alpha value is -3.16. The minimum absolute atomic E-state index is 0.0141. The maximum absolute atomic E-state index is 13.3. The van der Waals surface area contributed by atoms with Crippen LogP contribution in [0.2, 0.25) is 5.02 Å². The summed E-state index contributed by atoms with van der Waals surface area (Å²) in [5.74, 6) is -0.480. The van der Waals surface area contributed by atoms with Gasteiger partial charge in [0.05, 0.1) is 15.5 Å². The number of hydrogen-bond donors (Lipinski definition) is 1. The summed E-state index contributed by atoms with van der Waals surface area (Å²) >= 11 is 6.25. The van der Waals surface area contributed by atoms with Crippen molar-refractivity contribution < 1.29 is 17.2 Å². The molecule has 0 spiro atoms. The summed E-state index contributed by atoms with van der Waals surface area (Å²) in [5.41, 5.74) is 2.51. The van der Waals surface area contributed by atoms with Crippen molar-refractivity contribution in [1.29, 1.82) is 0 Å². The van der Waals surface area contributed by atoms with Gasteiger partial charge in [0.1, 0.15) is 5.82 Å². The zero-order valence-corrected chi connectivity index (χ0v) is 18.0. The average Bonchev–Trinajstić information content (AvgIpc) is 3.19. The van der Waals surface area contributed by atoms with E-state index < -0.39 is 15.7 Å². The Morgan fingerprint density at radius 3 is 2.35 bits per heavy atom. The third kappa shape index (κ3) is 4.47. The Balaban J connectivity index is 1.77. The van der Waals surface area contributed by atoms with Crippen molar-refractivity contribution >= 4 is 27.3 Å². The second-order valence-corrected chi connectivity index (χ2v) is 9.20. The van der Waals surface area contributed by atoms with Gasteiger partial charge in [-0.1, -0.05) is 53.6 Å². The Morgan fingerprint density at radius 1 is 1.00 bits per heavy atom. The fourth-order valence-corrected chi connectivity index (χ4v) is 4.46. The van der Waals surface area contributed by atoms with Crippen LogP contribution in [0.1, 0.15) is 11.1 Å². The van der Waals surface area contributed by atoms with Crippen molar-refractivity contribution in [2.45, 2.75) is 23.4 Å². The normalized spacial score (nSPS) is 11.5. The first-order valence-electron chi connectivity index (χ1n) is 9.40. The third-order valence-electron chi connectivity index (χ3n) is 4.65. The molecular weight excluding hydrogens is 439 g/mol. The Morgan fingerprint density at radius 2 is 1.68 bits per heavy atom. The van der Waals surface area contributed by atoms with Crippen LogP contribution in [0.3, 0.4) is 0 Å². The van der Waals surface area contributed by atoms with Gasteiger partial charge in [0.2, 0.25) is 26.6 Å². The van der Waals surface area contributed by atoms with Crippen LogP contribution < -0.4 is 5.32 Å². The quantitative estimate of drug-likeness (QED) is 0.366. The highest BCUT2D eigenvalue weighted by Crippen LogP contribution is 2.35. The maximum atomic E-state index is 13.3. The zero-order valence-electron chi connectivity index (χ0n) is 16.5. The van der Waals surface area contributed by atoms with Crippen molar-refractivity contribution in [1.82, 2.24) is 4.98 Å². The van der Waals surface area contributed by atoms with Crippen molar-refractivity contribution in [3.63, 3.8) is 0 Å². The van der Waals surface area contributed by atoms with Gasteiger partial charge in [-0.25, -0.2) is 12.8 Å². The summed E-state index contributed by atoms with van der Waals surface area (Å²) in [6, 6.07) is 19.2. The molecule has 0 bridgehead atoms. The number of oxazole rings is 1. The molecule has 8 heteroatoms. The topological polar surface area (TPSA) is 72.2 Å². The van der Waals surface area contributed by atoms with E-state index in [1.165, 1.54) is 12.1 Å². The summed E-state index contributed by atoms with van der Waals surface area (Å²) in [7, 11) is -4.07. The molecule has 0 aliphatic heterocycles. The Labute approximate surface area is 184 Å². The van der Waals surface area contributed by atoms with Crippen LogP contribution in [-0.4, -0.2) is 13.4 Å². The second kappa shape index (κ2) is 8.53. The van der Waals surface area contributed by atoms with Gasteiger partial charge in [0, 0.05) is 6.54 Å². The molecule has 3 aromatic carbocycles. The number of anilines is 1. The van der Waals surface area contributed by atoms with Gasteiger partial charge in [0.15, 0.2) is 0 Å². The van der Waals surface area contributed by atoms with Gasteiger partial charge >= 0.3 is 0 Å². The average molecular weight is 457 g/mol. The summed E-state index contributed by atoms with van der Waals surface area (Å²) < 4.78 is 45.6. The fraction of sp³-hybridized carbons (Fsp3) is 0.0870. The number of rotatable bonds is 6. The van der Waals surface area contributed by atoms with E-state index in [9.17, 15) is 12.8 Å². The molecule has 1 aromatic heterocycles. The maximum Gasteiger partial charge on any atom is 0.234 e. The van der Waals surface area contributed by atoms with E-state index in [4.69, 9.17) is 16.0 Å². The summed E-state index contributed by atoms with van der Waals surface area (Å²) in [6.07, 6.45) is 0. The molecule has 0 fully saturated rings. The molecule has 0 saturated carbocycles. The monoisotopic (exact) mass is 456 g/mol. The first-order chi connectivity index (χ1) is 14.8. The molecule has 0 radical (unpaired) electrons. The van der Waals surface area contributed by atoms with Crippen molar-refractivity contribution in [2.75, 3.05) is 5.32 Å². The number of aromatic nitrogens is 1. The van der Waals surface area contributed by atoms with E-state index in [-0.39, 0.29) is 21.7 Å². The third-order valence-corrected chi connectivity index (χ3v) is 6.66. The first-order valence-corrected chi connectivity index (χ1v) is 11.3. The van der Waals surface area contributed by atoms with Crippen LogP contribution in [0.5, 0.6) is 0 Å². The van der Waals surface area contributed by atoms with Crippen molar-refractivity contribution in [3.05, 3.63) is 94.8 Å². The molecule has 4 aromatic rings. The fourth-order valence-electron chi connectivity index (χ4n) is 2.96. The van der Waals surface area contributed by atoms with Gasteiger partial charge in [-0.2, -0.15) is 4.98 Å². The number of nitrogens with zero attached hydrogens (tertiary/aromatic N) is 1. The molecule has 1 heterocycles. The molecule has 0 saturated heterocycles. The van der Waals surface area contributed by atoms with Crippen LogP contribution in [0.4, 0.5) is 10.3 Å². The molecule has 158 valence electrons. The van der Waals surface area contributed by atoms with Crippen LogP contribution in [-0.2, 0) is 16.4 Å².